The first-order valence-electron chi connectivity index (χ1n) is 5.26. The normalized spacial score (nSPS) is 12.2. The van der Waals surface area contributed by atoms with Gasteiger partial charge >= 0.3 is 0 Å². The van der Waals surface area contributed by atoms with Gasteiger partial charge in [-0.2, -0.15) is 4.98 Å². The van der Waals surface area contributed by atoms with Crippen molar-refractivity contribution in [2.24, 2.45) is 0 Å². The van der Waals surface area contributed by atoms with Gasteiger partial charge in [0.05, 0.1) is 25.9 Å². The van der Waals surface area contributed by atoms with Crippen LogP contribution in [0.25, 0.3) is 0 Å². The summed E-state index contributed by atoms with van der Waals surface area (Å²) >= 11 is 0. The van der Waals surface area contributed by atoms with E-state index in [2.05, 4.69) is 10.3 Å². The molecule has 1 aromatic rings. The Balaban J connectivity index is 2.60. The van der Waals surface area contributed by atoms with Crippen molar-refractivity contribution in [3.63, 3.8) is 0 Å². The predicted octanol–water partition coefficient (Wildman–Crippen LogP) is 0.899. The summed E-state index contributed by atoms with van der Waals surface area (Å²) in [5.41, 5.74) is 0. The van der Waals surface area contributed by atoms with E-state index in [-0.39, 0.29) is 12.6 Å². The number of hydrogen-bond donors (Lipinski definition) is 2. The van der Waals surface area contributed by atoms with Crippen LogP contribution in [0.2, 0.25) is 0 Å². The Kier molecular flexibility index (Phi) is 5.60. The number of nitrogens with zero attached hydrogens (tertiary/aromatic N) is 1. The summed E-state index contributed by atoms with van der Waals surface area (Å²) in [7, 11) is 1.59. The molecule has 0 bridgehead atoms. The first kappa shape index (κ1) is 12.7. The van der Waals surface area contributed by atoms with E-state index in [1.165, 1.54) is 0 Å². The van der Waals surface area contributed by atoms with Crippen molar-refractivity contribution in [1.82, 2.24) is 4.98 Å². The second-order valence-corrected chi connectivity index (χ2v) is 3.27. The van der Waals surface area contributed by atoms with Gasteiger partial charge in [-0.15, -0.1) is 0 Å². The van der Waals surface area contributed by atoms with E-state index in [1.807, 2.05) is 19.1 Å². The molecule has 0 radical (unpaired) electrons. The average Bonchev–Trinajstić information content (AvgIpc) is 2.29. The summed E-state index contributed by atoms with van der Waals surface area (Å²) in [4.78, 5) is 4.23. The van der Waals surface area contributed by atoms with Crippen LogP contribution in [0, 0.1) is 0 Å². The van der Waals surface area contributed by atoms with Crippen molar-refractivity contribution < 1.29 is 14.6 Å². The lowest BCUT2D eigenvalue weighted by molar-refractivity contribution is 0.153. The maximum absolute atomic E-state index is 9.09. The highest BCUT2D eigenvalue weighted by atomic mass is 16.5. The fourth-order valence-corrected chi connectivity index (χ4v) is 1.27. The highest BCUT2D eigenvalue weighted by molar-refractivity contribution is 5.38. The minimum atomic E-state index is -0.158. The molecule has 0 aliphatic heterocycles. The van der Waals surface area contributed by atoms with Gasteiger partial charge in [0.1, 0.15) is 5.82 Å². The van der Waals surface area contributed by atoms with Crippen molar-refractivity contribution in [2.45, 2.75) is 13.0 Å². The number of nitrogens with one attached hydrogen (secondary N) is 1. The molecule has 5 nitrogen and oxygen atoms in total. The molecule has 5 heteroatoms. The number of pyridine rings is 1. The molecule has 1 heterocycles. The van der Waals surface area contributed by atoms with Gasteiger partial charge in [0.25, 0.3) is 0 Å². The Morgan fingerprint density at radius 1 is 1.50 bits per heavy atom. The Morgan fingerprint density at radius 3 is 2.94 bits per heavy atom. The molecule has 1 aromatic heterocycles. The highest BCUT2D eigenvalue weighted by Crippen LogP contribution is 2.12. The number of rotatable bonds is 7. The predicted molar refractivity (Wildman–Crippen MR) is 61.8 cm³/mol. The zero-order valence-electron chi connectivity index (χ0n) is 9.64. The Labute approximate surface area is 95.4 Å². The van der Waals surface area contributed by atoms with Gasteiger partial charge in [0.2, 0.25) is 5.88 Å². The van der Waals surface area contributed by atoms with Crippen molar-refractivity contribution in [3.8, 4) is 5.88 Å². The summed E-state index contributed by atoms with van der Waals surface area (Å²) in [6, 6.07) is 5.30. The SMILES string of the molecule is CCOc1cccc(NC(CO)COC)n1. The van der Waals surface area contributed by atoms with Gasteiger partial charge < -0.3 is 19.9 Å². The number of hydrogen-bond acceptors (Lipinski definition) is 5. The topological polar surface area (TPSA) is 63.6 Å². The standard InChI is InChI=1S/C11H18N2O3/c1-3-16-11-6-4-5-10(13-11)12-9(7-14)8-15-2/h4-6,9,14H,3,7-8H2,1-2H3,(H,12,13). The van der Waals surface area contributed by atoms with Crippen molar-refractivity contribution in [2.75, 3.05) is 32.2 Å². The number of methoxy groups -OCH3 is 1. The van der Waals surface area contributed by atoms with Gasteiger partial charge in [-0.25, -0.2) is 0 Å². The number of ether oxygens (including phenoxy) is 2. The van der Waals surface area contributed by atoms with Crippen LogP contribution in [0.1, 0.15) is 6.92 Å². The zero-order valence-corrected chi connectivity index (χ0v) is 9.64. The lowest BCUT2D eigenvalue weighted by atomic mass is 10.3. The van der Waals surface area contributed by atoms with Gasteiger partial charge in [0.15, 0.2) is 0 Å². The summed E-state index contributed by atoms with van der Waals surface area (Å²) in [6.07, 6.45) is 0. The molecule has 1 rings (SSSR count). The summed E-state index contributed by atoms with van der Waals surface area (Å²) < 4.78 is 10.2. The molecule has 16 heavy (non-hydrogen) atoms. The molecule has 90 valence electrons. The second-order valence-electron chi connectivity index (χ2n) is 3.27. The van der Waals surface area contributed by atoms with Crippen LogP contribution in [-0.2, 0) is 4.74 Å². The maximum Gasteiger partial charge on any atom is 0.215 e. The molecule has 0 saturated carbocycles. The van der Waals surface area contributed by atoms with E-state index < -0.39 is 0 Å². The summed E-state index contributed by atoms with van der Waals surface area (Å²) in [5, 5.41) is 12.2. The van der Waals surface area contributed by atoms with Gasteiger partial charge in [-0.3, -0.25) is 0 Å². The molecule has 0 amide bonds. The highest BCUT2D eigenvalue weighted by Gasteiger charge is 2.07. The molecule has 0 fully saturated rings. The number of aromatic nitrogens is 1. The molecule has 0 saturated heterocycles. The van der Waals surface area contributed by atoms with Crippen LogP contribution in [0.15, 0.2) is 18.2 Å². The fourth-order valence-electron chi connectivity index (χ4n) is 1.27. The van der Waals surface area contributed by atoms with Gasteiger partial charge in [-0.1, -0.05) is 6.07 Å². The molecule has 0 aliphatic rings. The largest absolute Gasteiger partial charge is 0.478 e. The minimum Gasteiger partial charge on any atom is -0.478 e. The molecule has 0 aliphatic carbocycles. The van der Waals surface area contributed by atoms with E-state index >= 15 is 0 Å². The third-order valence-electron chi connectivity index (χ3n) is 1.96. The van der Waals surface area contributed by atoms with Gasteiger partial charge in [0, 0.05) is 13.2 Å². The number of aliphatic hydroxyl groups excluding tert-OH is 1. The van der Waals surface area contributed by atoms with Crippen LogP contribution in [0.5, 0.6) is 5.88 Å². The number of anilines is 1. The Morgan fingerprint density at radius 2 is 2.31 bits per heavy atom. The average molecular weight is 226 g/mol. The number of aliphatic hydroxyl groups is 1. The summed E-state index contributed by atoms with van der Waals surface area (Å²) in [6.45, 7) is 2.91. The lowest BCUT2D eigenvalue weighted by Gasteiger charge is -2.16. The molecule has 0 spiro atoms. The first-order valence-corrected chi connectivity index (χ1v) is 5.26. The quantitative estimate of drug-likeness (QED) is 0.723. The van der Waals surface area contributed by atoms with Crippen LogP contribution >= 0.6 is 0 Å². The smallest absolute Gasteiger partial charge is 0.215 e. The van der Waals surface area contributed by atoms with E-state index in [0.717, 1.165) is 0 Å². The fraction of sp³-hybridized carbons (Fsp3) is 0.545. The Hall–Kier alpha value is -1.33. The Bertz CT molecular complexity index is 307. The van der Waals surface area contributed by atoms with Crippen molar-refractivity contribution in [3.05, 3.63) is 18.2 Å². The van der Waals surface area contributed by atoms with Crippen molar-refractivity contribution in [1.29, 1.82) is 0 Å². The monoisotopic (exact) mass is 226 g/mol. The molecular weight excluding hydrogens is 208 g/mol. The first-order chi connectivity index (χ1) is 7.80. The minimum absolute atomic E-state index is 0.00557. The van der Waals surface area contributed by atoms with E-state index in [4.69, 9.17) is 14.6 Å². The van der Waals surface area contributed by atoms with Gasteiger partial charge in [-0.05, 0) is 13.0 Å². The third kappa shape index (κ3) is 4.04. The lowest BCUT2D eigenvalue weighted by Crippen LogP contribution is -2.29. The van der Waals surface area contributed by atoms with E-state index in [1.54, 1.807) is 13.2 Å². The van der Waals surface area contributed by atoms with Crippen LogP contribution in [-0.4, -0.2) is 43.1 Å². The molecule has 0 aromatic carbocycles. The molecule has 2 N–H and O–H groups in total. The second kappa shape index (κ2) is 7.03. The summed E-state index contributed by atoms with van der Waals surface area (Å²) in [5.74, 6) is 1.24. The van der Waals surface area contributed by atoms with E-state index in [9.17, 15) is 0 Å². The molecule has 1 atom stereocenters. The van der Waals surface area contributed by atoms with Crippen LogP contribution in [0.3, 0.4) is 0 Å². The van der Waals surface area contributed by atoms with Crippen molar-refractivity contribution >= 4 is 5.82 Å². The molecular formula is C11H18N2O3. The third-order valence-corrected chi connectivity index (χ3v) is 1.96. The van der Waals surface area contributed by atoms with Crippen LogP contribution in [0.4, 0.5) is 5.82 Å². The van der Waals surface area contributed by atoms with Crippen LogP contribution < -0.4 is 10.1 Å². The zero-order chi connectivity index (χ0) is 11.8. The van der Waals surface area contributed by atoms with E-state index in [0.29, 0.717) is 24.9 Å². The maximum atomic E-state index is 9.09. The molecule has 1 unspecified atom stereocenters.